The summed E-state index contributed by atoms with van der Waals surface area (Å²) in [6, 6.07) is 25.3. The Balaban J connectivity index is 1.50. The summed E-state index contributed by atoms with van der Waals surface area (Å²) in [5.41, 5.74) is 6.08. The van der Waals surface area contributed by atoms with Gasteiger partial charge in [0, 0.05) is 10.2 Å². The number of carbonyl (C=O) groups excluding carboxylic acids is 1. The Morgan fingerprint density at radius 3 is 2.49 bits per heavy atom. The summed E-state index contributed by atoms with van der Waals surface area (Å²) in [6.45, 7) is 4.09. The summed E-state index contributed by atoms with van der Waals surface area (Å²) in [5.74, 6) is 1.22. The monoisotopic (exact) mass is 578 g/mol. The van der Waals surface area contributed by atoms with Crippen molar-refractivity contribution >= 4 is 45.0 Å². The third-order valence-electron chi connectivity index (χ3n) is 5.51. The van der Waals surface area contributed by atoms with Crippen molar-refractivity contribution in [3.05, 3.63) is 94.7 Å². The summed E-state index contributed by atoms with van der Waals surface area (Å²) in [6.07, 6.45) is 0. The molecule has 0 saturated heterocycles. The van der Waals surface area contributed by atoms with E-state index in [1.165, 1.54) is 11.8 Å². The summed E-state index contributed by atoms with van der Waals surface area (Å²) in [4.78, 5) is 12.8. The van der Waals surface area contributed by atoms with E-state index in [0.29, 0.717) is 17.5 Å². The molecule has 0 aliphatic carbocycles. The van der Waals surface area contributed by atoms with E-state index in [2.05, 4.69) is 42.0 Å². The van der Waals surface area contributed by atoms with Crippen LogP contribution in [0.3, 0.4) is 0 Å². The third kappa shape index (κ3) is 6.78. The molecule has 190 valence electrons. The number of amides is 1. The Morgan fingerprint density at radius 1 is 1.05 bits per heavy atom. The summed E-state index contributed by atoms with van der Waals surface area (Å²) >= 11 is 4.75. The lowest BCUT2D eigenvalue weighted by Crippen LogP contribution is -2.28. The summed E-state index contributed by atoms with van der Waals surface area (Å²) in [7, 11) is 1.64. The molecule has 2 N–H and O–H groups in total. The molecule has 4 aromatic rings. The molecule has 0 unspecified atom stereocenters. The van der Waals surface area contributed by atoms with Crippen LogP contribution in [0, 0.1) is 0 Å². The number of halogens is 1. The van der Waals surface area contributed by atoms with E-state index in [4.69, 9.17) is 4.74 Å². The van der Waals surface area contributed by atoms with E-state index in [0.717, 1.165) is 32.9 Å². The van der Waals surface area contributed by atoms with Gasteiger partial charge in [0.1, 0.15) is 5.75 Å². The van der Waals surface area contributed by atoms with Crippen molar-refractivity contribution in [3.8, 4) is 11.4 Å². The zero-order valence-electron chi connectivity index (χ0n) is 20.7. The minimum absolute atomic E-state index is 0.224. The topological polar surface area (TPSA) is 93.4 Å². The Bertz CT molecular complexity index is 1380. The van der Waals surface area contributed by atoms with Crippen molar-refractivity contribution in [1.29, 1.82) is 0 Å². The van der Waals surface area contributed by atoms with Gasteiger partial charge in [-0.3, -0.25) is 9.36 Å². The van der Waals surface area contributed by atoms with Gasteiger partial charge in [-0.2, -0.15) is 5.10 Å². The quantitative estimate of drug-likeness (QED) is 0.143. The maximum absolute atomic E-state index is 12.8. The van der Waals surface area contributed by atoms with Crippen LogP contribution in [0.15, 0.2) is 93.6 Å². The molecule has 1 atom stereocenters. The zero-order valence-corrected chi connectivity index (χ0v) is 23.1. The molecule has 0 saturated carbocycles. The number of methoxy groups -OCH3 is 1. The molecule has 0 aliphatic heterocycles. The molecule has 1 amide bonds. The number of hydrazone groups is 1. The second-order valence-electron chi connectivity index (χ2n) is 8.06. The van der Waals surface area contributed by atoms with Gasteiger partial charge in [-0.05, 0) is 55.8 Å². The van der Waals surface area contributed by atoms with Gasteiger partial charge < -0.3 is 10.1 Å². The molecule has 8 nitrogen and oxygen atoms in total. The van der Waals surface area contributed by atoms with Gasteiger partial charge in [0.2, 0.25) is 0 Å². The number of para-hydroxylation sites is 3. The molecule has 3 aromatic carbocycles. The van der Waals surface area contributed by atoms with Gasteiger partial charge in [0.25, 0.3) is 5.91 Å². The van der Waals surface area contributed by atoms with Gasteiger partial charge in [0.15, 0.2) is 11.0 Å². The lowest BCUT2D eigenvalue weighted by molar-refractivity contribution is -0.120. The maximum Gasteiger partial charge on any atom is 0.253 e. The first kappa shape index (κ1) is 26.4. The Labute approximate surface area is 228 Å². The van der Waals surface area contributed by atoms with E-state index >= 15 is 0 Å². The molecule has 4 rings (SSSR count). The maximum atomic E-state index is 12.8. The molecule has 1 heterocycles. The van der Waals surface area contributed by atoms with Crippen LogP contribution in [0.25, 0.3) is 5.69 Å². The number of benzene rings is 3. The predicted molar refractivity (Wildman–Crippen MR) is 151 cm³/mol. The largest absolute Gasteiger partial charge is 0.495 e. The van der Waals surface area contributed by atoms with Crippen molar-refractivity contribution in [1.82, 2.24) is 20.2 Å². The molecular weight excluding hydrogens is 552 g/mol. The first-order chi connectivity index (χ1) is 18.0. The number of thioether (sulfide) groups is 1. The molecule has 1 aromatic heterocycles. The van der Waals surface area contributed by atoms with Crippen molar-refractivity contribution in [3.63, 3.8) is 0 Å². The van der Waals surface area contributed by atoms with Gasteiger partial charge >= 0.3 is 0 Å². The van der Waals surface area contributed by atoms with E-state index in [9.17, 15) is 4.79 Å². The standard InChI is InChI=1S/C27H27BrN6O2S/c1-18(20-13-15-21(28)16-14-20)30-32-26(35)19(2)37-27-33-31-25(34(27)22-9-5-4-6-10-22)17-29-23-11-7-8-12-24(23)36-3/h4-16,19,29H,17H2,1-3H3,(H,32,35)/t19-/m0/s1. The number of rotatable bonds is 10. The van der Waals surface area contributed by atoms with E-state index in [1.807, 2.05) is 97.3 Å². The van der Waals surface area contributed by atoms with Gasteiger partial charge in [-0.15, -0.1) is 10.2 Å². The van der Waals surface area contributed by atoms with Gasteiger partial charge in [-0.25, -0.2) is 5.43 Å². The van der Waals surface area contributed by atoms with Crippen LogP contribution < -0.4 is 15.5 Å². The molecule has 0 aliphatic rings. The summed E-state index contributed by atoms with van der Waals surface area (Å²) in [5, 5.41) is 16.6. The van der Waals surface area contributed by atoms with E-state index in [1.54, 1.807) is 7.11 Å². The zero-order chi connectivity index (χ0) is 26.2. The minimum Gasteiger partial charge on any atom is -0.495 e. The van der Waals surface area contributed by atoms with Gasteiger partial charge in [-0.1, -0.05) is 70.2 Å². The number of hydrogen-bond donors (Lipinski definition) is 2. The highest BCUT2D eigenvalue weighted by Crippen LogP contribution is 2.28. The van der Waals surface area contributed by atoms with Crippen molar-refractivity contribution < 1.29 is 9.53 Å². The number of carbonyl (C=O) groups is 1. The highest BCUT2D eigenvalue weighted by atomic mass is 79.9. The lowest BCUT2D eigenvalue weighted by atomic mass is 10.1. The second-order valence-corrected chi connectivity index (χ2v) is 10.3. The van der Waals surface area contributed by atoms with Crippen LogP contribution in [0.1, 0.15) is 25.2 Å². The van der Waals surface area contributed by atoms with E-state index < -0.39 is 5.25 Å². The number of anilines is 1. The van der Waals surface area contributed by atoms with Crippen LogP contribution in [0.4, 0.5) is 5.69 Å². The van der Waals surface area contributed by atoms with E-state index in [-0.39, 0.29) is 5.91 Å². The highest BCUT2D eigenvalue weighted by molar-refractivity contribution is 9.10. The van der Waals surface area contributed by atoms with Crippen LogP contribution in [-0.2, 0) is 11.3 Å². The Hall–Kier alpha value is -3.63. The highest BCUT2D eigenvalue weighted by Gasteiger charge is 2.21. The summed E-state index contributed by atoms with van der Waals surface area (Å²) < 4.78 is 8.38. The average Bonchev–Trinajstić information content (AvgIpc) is 3.33. The SMILES string of the molecule is COc1ccccc1NCc1nnc(S[C@@H](C)C(=O)NN=C(C)c2ccc(Br)cc2)n1-c1ccccc1. The molecule has 0 spiro atoms. The van der Waals surface area contributed by atoms with Crippen molar-refractivity contribution in [2.24, 2.45) is 5.10 Å². The number of hydrogen-bond acceptors (Lipinski definition) is 7. The molecule has 10 heteroatoms. The normalized spacial score (nSPS) is 12.2. The smallest absolute Gasteiger partial charge is 0.253 e. The lowest BCUT2D eigenvalue weighted by Gasteiger charge is -2.14. The fraction of sp³-hybridized carbons (Fsp3) is 0.185. The minimum atomic E-state index is -0.455. The molecule has 0 fully saturated rings. The number of ether oxygens (including phenoxy) is 1. The first-order valence-electron chi connectivity index (χ1n) is 11.6. The van der Waals surface area contributed by atoms with Crippen molar-refractivity contribution in [2.75, 3.05) is 12.4 Å². The van der Waals surface area contributed by atoms with Crippen molar-refractivity contribution in [2.45, 2.75) is 30.8 Å². The second kappa shape index (κ2) is 12.6. The number of nitrogens with zero attached hydrogens (tertiary/aromatic N) is 4. The Kier molecular flexibility index (Phi) is 8.97. The third-order valence-corrected chi connectivity index (χ3v) is 7.08. The van der Waals surface area contributed by atoms with Crippen LogP contribution in [0.5, 0.6) is 5.75 Å². The van der Waals surface area contributed by atoms with Crippen LogP contribution in [0.2, 0.25) is 0 Å². The molecule has 0 radical (unpaired) electrons. The first-order valence-corrected chi connectivity index (χ1v) is 13.3. The predicted octanol–water partition coefficient (Wildman–Crippen LogP) is 5.67. The molecular formula is C27H27BrN6O2S. The fourth-order valence-corrected chi connectivity index (χ4v) is 4.63. The van der Waals surface area contributed by atoms with Crippen LogP contribution >= 0.6 is 27.7 Å². The molecule has 0 bridgehead atoms. The van der Waals surface area contributed by atoms with Gasteiger partial charge in [0.05, 0.1) is 30.3 Å². The fourth-order valence-electron chi connectivity index (χ4n) is 3.49. The Morgan fingerprint density at radius 2 is 1.76 bits per heavy atom. The number of aromatic nitrogens is 3. The average molecular weight is 580 g/mol. The van der Waals surface area contributed by atoms with Crippen LogP contribution in [-0.4, -0.2) is 38.7 Å². The number of nitrogens with one attached hydrogen (secondary N) is 2. The molecule has 37 heavy (non-hydrogen) atoms.